The number of aryl methyl sites for hydroxylation is 1. The lowest BCUT2D eigenvalue weighted by Gasteiger charge is -2.30. The smallest absolute Gasteiger partial charge is 0.247 e. The van der Waals surface area contributed by atoms with E-state index >= 15 is 0 Å². The van der Waals surface area contributed by atoms with E-state index in [-0.39, 0.29) is 5.92 Å². The summed E-state index contributed by atoms with van der Waals surface area (Å²) >= 11 is 6.10. The van der Waals surface area contributed by atoms with Crippen LogP contribution in [0.2, 0.25) is 5.15 Å². The molecule has 8 nitrogen and oxygen atoms in total. The van der Waals surface area contributed by atoms with Crippen LogP contribution in [0.15, 0.2) is 59.1 Å². The van der Waals surface area contributed by atoms with E-state index in [0.29, 0.717) is 16.9 Å². The summed E-state index contributed by atoms with van der Waals surface area (Å²) in [5.41, 5.74) is 5.72. The highest BCUT2D eigenvalue weighted by Crippen LogP contribution is 2.33. The molecule has 0 bridgehead atoms. The summed E-state index contributed by atoms with van der Waals surface area (Å²) in [6, 6.07) is 16.0. The minimum absolute atomic E-state index is 0.210. The number of hydrogen-bond acceptors (Lipinski definition) is 7. The van der Waals surface area contributed by atoms with Gasteiger partial charge in [-0.25, -0.2) is 4.98 Å². The molecular weight excluding hydrogens is 474 g/mol. The van der Waals surface area contributed by atoms with Crippen LogP contribution in [0.5, 0.6) is 0 Å². The van der Waals surface area contributed by atoms with E-state index in [9.17, 15) is 0 Å². The van der Waals surface area contributed by atoms with Crippen LogP contribution in [0.3, 0.4) is 0 Å². The molecule has 36 heavy (non-hydrogen) atoms. The monoisotopic (exact) mass is 499 g/mol. The second-order valence-corrected chi connectivity index (χ2v) is 9.58. The third-order valence-corrected chi connectivity index (χ3v) is 6.92. The van der Waals surface area contributed by atoms with Crippen LogP contribution < -0.4 is 0 Å². The second-order valence-electron chi connectivity index (χ2n) is 9.19. The van der Waals surface area contributed by atoms with Crippen molar-refractivity contribution in [3.8, 4) is 22.7 Å². The molecular formula is C27H26ClN7O. The summed E-state index contributed by atoms with van der Waals surface area (Å²) < 4.78 is 6.21. The number of piperidine rings is 1. The van der Waals surface area contributed by atoms with Crippen molar-refractivity contribution >= 4 is 22.5 Å². The molecule has 0 aliphatic carbocycles. The zero-order valence-corrected chi connectivity index (χ0v) is 20.7. The second kappa shape index (κ2) is 9.79. The van der Waals surface area contributed by atoms with E-state index in [1.165, 1.54) is 0 Å². The summed E-state index contributed by atoms with van der Waals surface area (Å²) in [6.07, 6.45) is 4.75. The van der Waals surface area contributed by atoms with E-state index < -0.39 is 0 Å². The molecule has 0 unspecified atom stereocenters. The molecule has 182 valence electrons. The lowest BCUT2D eigenvalue weighted by Crippen LogP contribution is -2.34. The minimum Gasteiger partial charge on any atom is -0.420 e. The summed E-state index contributed by atoms with van der Waals surface area (Å²) in [6.45, 7) is 4.90. The maximum absolute atomic E-state index is 6.21. The molecule has 1 N–H and O–H groups in total. The van der Waals surface area contributed by atoms with Gasteiger partial charge in [-0.2, -0.15) is 5.10 Å². The molecule has 1 fully saturated rings. The molecule has 5 heterocycles. The summed E-state index contributed by atoms with van der Waals surface area (Å²) in [4.78, 5) is 11.3. The number of nitrogens with one attached hydrogen (secondary N) is 1. The van der Waals surface area contributed by atoms with Gasteiger partial charge in [0.25, 0.3) is 0 Å². The third-order valence-electron chi connectivity index (χ3n) is 6.72. The van der Waals surface area contributed by atoms with Gasteiger partial charge in [0.1, 0.15) is 10.8 Å². The Morgan fingerprint density at radius 1 is 1.08 bits per heavy atom. The Morgan fingerprint density at radius 2 is 2.00 bits per heavy atom. The Morgan fingerprint density at radius 3 is 2.89 bits per heavy atom. The van der Waals surface area contributed by atoms with Crippen LogP contribution in [-0.4, -0.2) is 48.4 Å². The number of benzene rings is 1. The number of rotatable bonds is 6. The highest BCUT2D eigenvalue weighted by Gasteiger charge is 2.26. The number of hydrogen-bond donors (Lipinski definition) is 1. The van der Waals surface area contributed by atoms with Gasteiger partial charge in [-0.1, -0.05) is 24.6 Å². The van der Waals surface area contributed by atoms with E-state index in [1.807, 2.05) is 24.3 Å². The van der Waals surface area contributed by atoms with E-state index in [1.54, 1.807) is 12.3 Å². The predicted octanol–water partition coefficient (Wildman–Crippen LogP) is 5.67. The van der Waals surface area contributed by atoms with E-state index in [2.05, 4.69) is 55.4 Å². The number of aromatic nitrogens is 6. The van der Waals surface area contributed by atoms with Crippen LogP contribution in [0, 0.1) is 0 Å². The van der Waals surface area contributed by atoms with Gasteiger partial charge in [0.2, 0.25) is 11.8 Å². The fourth-order valence-electron chi connectivity index (χ4n) is 4.88. The van der Waals surface area contributed by atoms with Crippen LogP contribution in [0.1, 0.15) is 43.0 Å². The molecule has 9 heteroatoms. The van der Waals surface area contributed by atoms with Crippen LogP contribution in [-0.2, 0) is 13.0 Å². The fraction of sp³-hybridized carbons (Fsp3) is 0.296. The van der Waals surface area contributed by atoms with Gasteiger partial charge in [-0.05, 0) is 68.3 Å². The Kier molecular flexibility index (Phi) is 6.21. The largest absolute Gasteiger partial charge is 0.420 e. The average molecular weight is 500 g/mol. The lowest BCUT2D eigenvalue weighted by atomic mass is 9.98. The molecule has 5 aromatic rings. The molecule has 1 atom stereocenters. The number of nitrogens with zero attached hydrogens (tertiary/aromatic N) is 6. The molecule has 0 saturated carbocycles. The first-order valence-corrected chi connectivity index (χ1v) is 12.6. The first kappa shape index (κ1) is 22.8. The van der Waals surface area contributed by atoms with Crippen LogP contribution in [0.25, 0.3) is 33.6 Å². The Bertz CT molecular complexity index is 1510. The Balaban J connectivity index is 1.22. The topological polar surface area (TPSA) is 96.6 Å². The van der Waals surface area contributed by atoms with Crippen LogP contribution >= 0.6 is 11.6 Å². The normalized spacial score (nSPS) is 16.6. The van der Waals surface area contributed by atoms with Gasteiger partial charge < -0.3 is 4.42 Å². The zero-order valence-electron chi connectivity index (χ0n) is 20.0. The van der Waals surface area contributed by atoms with Crippen molar-refractivity contribution in [2.24, 2.45) is 0 Å². The highest BCUT2D eigenvalue weighted by molar-refractivity contribution is 6.29. The molecule has 1 aliphatic heterocycles. The zero-order chi connectivity index (χ0) is 24.5. The van der Waals surface area contributed by atoms with Gasteiger partial charge in [0.05, 0.1) is 17.1 Å². The number of H-pyrrole nitrogens is 1. The number of halogens is 1. The molecule has 0 amide bonds. The molecule has 0 radical (unpaired) electrons. The van der Waals surface area contributed by atoms with Gasteiger partial charge in [0, 0.05) is 41.5 Å². The third kappa shape index (κ3) is 4.62. The summed E-state index contributed by atoms with van der Waals surface area (Å²) in [7, 11) is 0. The molecule has 0 spiro atoms. The highest BCUT2D eigenvalue weighted by atomic mass is 35.5. The Hall–Kier alpha value is -3.62. The van der Waals surface area contributed by atoms with Crippen molar-refractivity contribution in [1.82, 2.24) is 35.3 Å². The molecule has 4 aromatic heterocycles. The van der Waals surface area contributed by atoms with Crippen molar-refractivity contribution in [3.63, 3.8) is 0 Å². The lowest BCUT2D eigenvalue weighted by molar-refractivity contribution is 0.184. The number of likely N-dealkylation sites (tertiary alicyclic amines) is 1. The first-order valence-electron chi connectivity index (χ1n) is 12.3. The van der Waals surface area contributed by atoms with Gasteiger partial charge >= 0.3 is 0 Å². The SMILES string of the molecule is CCc1cccc(CN2CCC[C@@H](c3nnc(-c4ccc5[nH]nc(-c6ccnc(Cl)c6)c5c4)o3)C2)n1. The maximum Gasteiger partial charge on any atom is 0.247 e. The van der Waals surface area contributed by atoms with Gasteiger partial charge in [-0.3, -0.25) is 15.0 Å². The van der Waals surface area contributed by atoms with Gasteiger partial charge in [0.15, 0.2) is 0 Å². The van der Waals surface area contributed by atoms with Crippen molar-refractivity contribution in [2.75, 3.05) is 13.1 Å². The fourth-order valence-corrected chi connectivity index (χ4v) is 5.05. The maximum atomic E-state index is 6.21. The van der Waals surface area contributed by atoms with E-state index in [0.717, 1.165) is 78.0 Å². The van der Waals surface area contributed by atoms with Crippen LogP contribution in [0.4, 0.5) is 0 Å². The quantitative estimate of drug-likeness (QED) is 0.301. The number of aromatic amines is 1. The summed E-state index contributed by atoms with van der Waals surface area (Å²) in [5, 5.41) is 17.8. The van der Waals surface area contributed by atoms with Crippen molar-refractivity contribution in [1.29, 1.82) is 0 Å². The van der Waals surface area contributed by atoms with Gasteiger partial charge in [-0.15, -0.1) is 10.2 Å². The Labute approximate surface area is 213 Å². The molecule has 1 aromatic carbocycles. The summed E-state index contributed by atoms with van der Waals surface area (Å²) in [5.74, 6) is 1.42. The first-order chi connectivity index (χ1) is 17.7. The molecule has 1 saturated heterocycles. The molecule has 6 rings (SSSR count). The van der Waals surface area contributed by atoms with E-state index in [4.69, 9.17) is 21.0 Å². The number of pyridine rings is 2. The standard InChI is InChI=1S/C27H26ClN7O/c1-2-20-6-3-7-21(30-20)16-35-12-4-5-19(15-35)27-34-33-26(36-27)18-8-9-23-22(13-18)25(32-31-23)17-10-11-29-24(28)14-17/h3,6-11,13-14,19H,2,4-5,12,15-16H2,1H3,(H,31,32)/t19-/m1/s1. The van der Waals surface area contributed by atoms with Crippen molar-refractivity contribution in [2.45, 2.75) is 38.6 Å². The number of fused-ring (bicyclic) bond motifs is 1. The minimum atomic E-state index is 0.210. The predicted molar refractivity (Wildman–Crippen MR) is 138 cm³/mol. The molecule has 1 aliphatic rings. The average Bonchev–Trinajstić information content (AvgIpc) is 3.56. The van der Waals surface area contributed by atoms with Crippen molar-refractivity contribution in [3.05, 3.63) is 77.2 Å². The van der Waals surface area contributed by atoms with Crippen molar-refractivity contribution < 1.29 is 4.42 Å².